The predicted molar refractivity (Wildman–Crippen MR) is 143 cm³/mol. The monoisotopic (exact) mass is 496 g/mol. The smallest absolute Gasteiger partial charge is 0.337 e. The molecule has 3 aromatic carbocycles. The molecule has 0 spiro atoms. The quantitative estimate of drug-likeness (QED) is 0.332. The van der Waals surface area contributed by atoms with Crippen LogP contribution >= 0.6 is 0 Å². The van der Waals surface area contributed by atoms with E-state index >= 15 is 0 Å². The fourth-order valence-corrected chi connectivity index (χ4v) is 4.82. The van der Waals surface area contributed by atoms with Gasteiger partial charge in [-0.15, -0.1) is 0 Å². The first-order valence-corrected chi connectivity index (χ1v) is 12.3. The van der Waals surface area contributed by atoms with Crippen LogP contribution in [0, 0.1) is 5.82 Å². The third kappa shape index (κ3) is 5.11. The molecule has 1 aromatic heterocycles. The number of aromatic amines is 1. The zero-order chi connectivity index (χ0) is 25.8. The summed E-state index contributed by atoms with van der Waals surface area (Å²) in [7, 11) is 1.36. The lowest BCUT2D eigenvalue weighted by Crippen LogP contribution is -2.48. The van der Waals surface area contributed by atoms with Crippen molar-refractivity contribution in [2.24, 2.45) is 4.99 Å². The second-order valence-corrected chi connectivity index (χ2v) is 9.01. The van der Waals surface area contributed by atoms with E-state index in [1.807, 2.05) is 60.5 Å². The summed E-state index contributed by atoms with van der Waals surface area (Å²) in [5.41, 5.74) is 5.13. The number of fused-ring (bicyclic) bond motifs is 1. The average Bonchev–Trinajstić information content (AvgIpc) is 3.33. The summed E-state index contributed by atoms with van der Waals surface area (Å²) < 4.78 is 19.3. The van der Waals surface area contributed by atoms with Gasteiger partial charge in [-0.3, -0.25) is 4.99 Å². The van der Waals surface area contributed by atoms with Gasteiger partial charge < -0.3 is 19.9 Å². The summed E-state index contributed by atoms with van der Waals surface area (Å²) in [5, 5.41) is 4.61. The number of allylic oxidation sites excluding steroid dienone is 1. The minimum atomic E-state index is -0.595. The number of nitrogens with one attached hydrogen (secondary N) is 2. The Balaban J connectivity index is 1.52. The number of esters is 1. The van der Waals surface area contributed by atoms with E-state index in [-0.39, 0.29) is 5.82 Å². The van der Waals surface area contributed by atoms with Crippen LogP contribution in [0.2, 0.25) is 0 Å². The number of benzene rings is 3. The average molecular weight is 497 g/mol. The van der Waals surface area contributed by atoms with Crippen LogP contribution in [0.15, 0.2) is 101 Å². The van der Waals surface area contributed by atoms with Crippen molar-refractivity contribution >= 4 is 22.8 Å². The standard InChI is InChI=1S/C30H29FN4O2/c1-20-27(29(36)37-2)28(22-11-8-12-24(31)17-22)34-30(35(20)19-21-9-4-3-5-10-21)32-16-15-23-18-33-26-14-7-6-13-25(23)26/h3-14,17-18,28,33H,15-16,19H2,1-2H3,(H,32,34). The molecule has 0 saturated heterocycles. The maximum Gasteiger partial charge on any atom is 0.337 e. The molecule has 0 bridgehead atoms. The molecule has 2 N–H and O–H groups in total. The molecule has 1 unspecified atom stereocenters. The number of rotatable bonds is 7. The number of guanidine groups is 1. The van der Waals surface area contributed by atoms with Gasteiger partial charge in [0.1, 0.15) is 5.82 Å². The number of hydrogen-bond donors (Lipinski definition) is 2. The number of carbonyl (C=O) groups is 1. The number of ether oxygens (including phenoxy) is 1. The van der Waals surface area contributed by atoms with Gasteiger partial charge in [0.15, 0.2) is 5.96 Å². The number of aliphatic imine (C=N–C) groups is 1. The van der Waals surface area contributed by atoms with Crippen LogP contribution in [-0.2, 0) is 22.5 Å². The second-order valence-electron chi connectivity index (χ2n) is 9.01. The van der Waals surface area contributed by atoms with Gasteiger partial charge >= 0.3 is 5.97 Å². The topological polar surface area (TPSA) is 69.7 Å². The van der Waals surface area contributed by atoms with Crippen molar-refractivity contribution in [3.8, 4) is 0 Å². The molecule has 37 heavy (non-hydrogen) atoms. The first-order valence-electron chi connectivity index (χ1n) is 12.3. The Morgan fingerprint density at radius 1 is 1.05 bits per heavy atom. The molecular formula is C30H29FN4O2. The number of carbonyl (C=O) groups excluding carboxylic acids is 1. The Hall–Kier alpha value is -4.39. The van der Waals surface area contributed by atoms with Crippen molar-refractivity contribution in [3.63, 3.8) is 0 Å². The van der Waals surface area contributed by atoms with Crippen molar-refractivity contribution in [2.75, 3.05) is 13.7 Å². The van der Waals surface area contributed by atoms with Gasteiger partial charge in [-0.1, -0.05) is 60.7 Å². The lowest BCUT2D eigenvalue weighted by Gasteiger charge is -2.38. The molecule has 1 atom stereocenters. The molecule has 7 heteroatoms. The Bertz CT molecular complexity index is 1480. The highest BCUT2D eigenvalue weighted by Crippen LogP contribution is 2.32. The highest BCUT2D eigenvalue weighted by Gasteiger charge is 2.35. The van der Waals surface area contributed by atoms with Crippen LogP contribution in [0.3, 0.4) is 0 Å². The van der Waals surface area contributed by atoms with E-state index in [1.165, 1.54) is 30.2 Å². The summed E-state index contributed by atoms with van der Waals surface area (Å²) in [5.74, 6) is -0.205. The van der Waals surface area contributed by atoms with Gasteiger partial charge in [-0.25, -0.2) is 9.18 Å². The zero-order valence-electron chi connectivity index (χ0n) is 20.9. The normalized spacial score (nSPS) is 16.8. The number of H-pyrrole nitrogens is 1. The second kappa shape index (κ2) is 10.7. The fraction of sp³-hybridized carbons (Fsp3) is 0.200. The van der Waals surface area contributed by atoms with Gasteiger partial charge in [-0.2, -0.15) is 0 Å². The number of halogens is 1. The minimum absolute atomic E-state index is 0.370. The van der Waals surface area contributed by atoms with Crippen molar-refractivity contribution in [2.45, 2.75) is 25.9 Å². The maximum absolute atomic E-state index is 14.2. The summed E-state index contributed by atoms with van der Waals surface area (Å²) >= 11 is 0. The number of aromatic nitrogens is 1. The van der Waals surface area contributed by atoms with E-state index in [4.69, 9.17) is 9.73 Å². The summed E-state index contributed by atoms with van der Waals surface area (Å²) in [6.07, 6.45) is 2.77. The summed E-state index contributed by atoms with van der Waals surface area (Å²) in [6.45, 7) is 2.94. The molecule has 0 radical (unpaired) electrons. The third-order valence-corrected chi connectivity index (χ3v) is 6.70. The van der Waals surface area contributed by atoms with E-state index in [9.17, 15) is 9.18 Å². The Labute approximate surface area is 215 Å². The number of para-hydroxylation sites is 1. The van der Waals surface area contributed by atoms with E-state index in [0.29, 0.717) is 30.2 Å². The number of methoxy groups -OCH3 is 1. The molecule has 2 heterocycles. The molecule has 0 amide bonds. The Morgan fingerprint density at radius 3 is 2.62 bits per heavy atom. The highest BCUT2D eigenvalue weighted by atomic mass is 19.1. The van der Waals surface area contributed by atoms with Crippen molar-refractivity contribution in [1.29, 1.82) is 0 Å². The van der Waals surface area contributed by atoms with Crippen molar-refractivity contribution < 1.29 is 13.9 Å². The molecule has 0 saturated carbocycles. The van der Waals surface area contributed by atoms with Crippen molar-refractivity contribution in [1.82, 2.24) is 15.2 Å². The van der Waals surface area contributed by atoms with E-state index in [2.05, 4.69) is 22.4 Å². The van der Waals surface area contributed by atoms with Gasteiger partial charge in [0, 0.05) is 29.3 Å². The number of nitrogens with zero attached hydrogens (tertiary/aromatic N) is 2. The largest absolute Gasteiger partial charge is 0.466 e. The minimum Gasteiger partial charge on any atom is -0.466 e. The van der Waals surface area contributed by atoms with Gasteiger partial charge in [0.2, 0.25) is 0 Å². The third-order valence-electron chi connectivity index (χ3n) is 6.70. The van der Waals surface area contributed by atoms with Gasteiger partial charge in [0.05, 0.1) is 25.3 Å². The molecule has 6 nitrogen and oxygen atoms in total. The lowest BCUT2D eigenvalue weighted by atomic mass is 9.94. The number of hydrogen-bond acceptors (Lipinski definition) is 3. The molecule has 0 aliphatic carbocycles. The summed E-state index contributed by atoms with van der Waals surface area (Å²) in [4.78, 5) is 23.2. The maximum atomic E-state index is 14.2. The predicted octanol–water partition coefficient (Wildman–Crippen LogP) is 5.50. The van der Waals surface area contributed by atoms with Crippen LogP contribution in [-0.4, -0.2) is 35.5 Å². The van der Waals surface area contributed by atoms with Crippen molar-refractivity contribution in [3.05, 3.63) is 119 Å². The molecule has 1 aliphatic heterocycles. The van der Waals surface area contributed by atoms with Gasteiger partial charge in [-0.05, 0) is 48.2 Å². The Kier molecular flexibility index (Phi) is 7.03. The Morgan fingerprint density at radius 2 is 1.84 bits per heavy atom. The SMILES string of the molecule is COC(=O)C1=C(C)N(Cc2ccccc2)C(=NCCc2c[nH]c3ccccc23)NC1c1cccc(F)c1. The van der Waals surface area contributed by atoms with Crippen LogP contribution in [0.1, 0.15) is 29.7 Å². The lowest BCUT2D eigenvalue weighted by molar-refractivity contribution is -0.136. The zero-order valence-corrected chi connectivity index (χ0v) is 20.9. The van der Waals surface area contributed by atoms with Crippen LogP contribution in [0.4, 0.5) is 4.39 Å². The van der Waals surface area contributed by atoms with Crippen LogP contribution < -0.4 is 5.32 Å². The van der Waals surface area contributed by atoms with E-state index in [1.54, 1.807) is 12.1 Å². The molecule has 4 aromatic rings. The summed E-state index contributed by atoms with van der Waals surface area (Å²) in [6, 6.07) is 23.9. The first-order chi connectivity index (χ1) is 18.0. The molecule has 0 fully saturated rings. The molecule has 188 valence electrons. The molecule has 5 rings (SSSR count). The molecular weight excluding hydrogens is 467 g/mol. The fourth-order valence-electron chi connectivity index (χ4n) is 4.82. The van der Waals surface area contributed by atoms with Crippen LogP contribution in [0.25, 0.3) is 10.9 Å². The van der Waals surface area contributed by atoms with Crippen LogP contribution in [0.5, 0.6) is 0 Å². The first kappa shape index (κ1) is 24.3. The van der Waals surface area contributed by atoms with Gasteiger partial charge in [0.25, 0.3) is 0 Å². The van der Waals surface area contributed by atoms with E-state index in [0.717, 1.165) is 23.2 Å². The highest BCUT2D eigenvalue weighted by molar-refractivity contribution is 5.96. The molecule has 1 aliphatic rings. The van der Waals surface area contributed by atoms with E-state index < -0.39 is 12.0 Å².